The molecule has 2 aromatic heterocycles. The van der Waals surface area contributed by atoms with E-state index < -0.39 is 37.6 Å². The van der Waals surface area contributed by atoms with Gasteiger partial charge in [-0.25, -0.2) is 19.0 Å². The second kappa shape index (κ2) is 12.2. The van der Waals surface area contributed by atoms with Crippen LogP contribution in [0.3, 0.4) is 0 Å². The van der Waals surface area contributed by atoms with Crippen LogP contribution in [0.15, 0.2) is 36.7 Å². The van der Waals surface area contributed by atoms with E-state index in [0.717, 1.165) is 17.0 Å². The number of carboxylic acids is 1. The highest BCUT2D eigenvalue weighted by Crippen LogP contribution is 2.33. The van der Waals surface area contributed by atoms with Crippen LogP contribution in [-0.4, -0.2) is 53.0 Å². The van der Waals surface area contributed by atoms with Crippen LogP contribution in [0.5, 0.6) is 11.5 Å². The van der Waals surface area contributed by atoms with Gasteiger partial charge in [-0.3, -0.25) is 0 Å². The molecular weight excluding hydrogens is 521 g/mol. The lowest BCUT2D eigenvalue weighted by Gasteiger charge is -2.22. The molecule has 1 amide bonds. The SMILES string of the molecule is Cc1cn(COCC[Si](C)(C)C)c2nccc(Oc3ccc(CC(NC(=O)OC(C)(C)C)C(=O)O)cc3F)c12. The number of alkyl carbamates (subject to hydrolysis) is 1. The quantitative estimate of drug-likeness (QED) is 0.215. The molecule has 3 rings (SSSR count). The minimum atomic E-state index is -1.29. The molecule has 0 aliphatic carbocycles. The summed E-state index contributed by atoms with van der Waals surface area (Å²) in [4.78, 5) is 28.2. The van der Waals surface area contributed by atoms with Gasteiger partial charge in [-0.05, 0) is 63.1 Å². The van der Waals surface area contributed by atoms with E-state index >= 15 is 4.39 Å². The van der Waals surface area contributed by atoms with Crippen LogP contribution < -0.4 is 10.1 Å². The Bertz CT molecular complexity index is 1330. The molecule has 0 aliphatic rings. The maximum atomic E-state index is 15.1. The number of pyridine rings is 1. The van der Waals surface area contributed by atoms with E-state index in [4.69, 9.17) is 14.2 Å². The summed E-state index contributed by atoms with van der Waals surface area (Å²) in [6.07, 6.45) is 2.54. The molecule has 0 bridgehead atoms. The lowest BCUT2D eigenvalue weighted by Crippen LogP contribution is -2.44. The molecule has 0 fully saturated rings. The Morgan fingerprint density at radius 2 is 1.90 bits per heavy atom. The van der Waals surface area contributed by atoms with Crippen LogP contribution in [0.2, 0.25) is 25.7 Å². The number of nitrogens with one attached hydrogen (secondary N) is 1. The number of hydrogen-bond donors (Lipinski definition) is 2. The van der Waals surface area contributed by atoms with Gasteiger partial charge in [-0.1, -0.05) is 25.7 Å². The number of amides is 1. The third kappa shape index (κ3) is 8.79. The average molecular weight is 560 g/mol. The fourth-order valence-electron chi connectivity index (χ4n) is 3.86. The first-order chi connectivity index (χ1) is 18.1. The van der Waals surface area contributed by atoms with E-state index in [1.54, 1.807) is 39.1 Å². The van der Waals surface area contributed by atoms with Gasteiger partial charge in [0.25, 0.3) is 0 Å². The molecule has 9 nitrogen and oxygen atoms in total. The largest absolute Gasteiger partial charge is 0.480 e. The van der Waals surface area contributed by atoms with Crippen LogP contribution in [0.25, 0.3) is 11.0 Å². The topological polar surface area (TPSA) is 112 Å². The predicted octanol–water partition coefficient (Wildman–Crippen LogP) is 6.11. The second-order valence-corrected chi connectivity index (χ2v) is 17.4. The number of aryl methyl sites for hydroxylation is 1. The first-order valence-corrected chi connectivity index (χ1v) is 16.5. The monoisotopic (exact) mass is 559 g/mol. The molecule has 1 unspecified atom stereocenters. The van der Waals surface area contributed by atoms with Crippen molar-refractivity contribution in [3.63, 3.8) is 0 Å². The summed E-state index contributed by atoms with van der Waals surface area (Å²) in [7, 11) is -1.20. The first kappa shape index (κ1) is 30.1. The molecule has 0 aliphatic heterocycles. The molecule has 2 heterocycles. The average Bonchev–Trinajstić information content (AvgIpc) is 3.12. The summed E-state index contributed by atoms with van der Waals surface area (Å²) in [5.41, 5.74) is 1.18. The van der Waals surface area contributed by atoms with Crippen LogP contribution >= 0.6 is 0 Å². The van der Waals surface area contributed by atoms with Crippen LogP contribution in [0.4, 0.5) is 9.18 Å². The molecule has 3 aromatic rings. The van der Waals surface area contributed by atoms with E-state index in [0.29, 0.717) is 30.3 Å². The summed E-state index contributed by atoms with van der Waals surface area (Å²) >= 11 is 0. The molecule has 0 radical (unpaired) electrons. The van der Waals surface area contributed by atoms with Crippen molar-refractivity contribution in [1.29, 1.82) is 0 Å². The number of halogens is 1. The zero-order valence-electron chi connectivity index (χ0n) is 23.6. The third-order valence-corrected chi connectivity index (χ3v) is 7.48. The summed E-state index contributed by atoms with van der Waals surface area (Å²) in [6, 6.07) is 5.64. The number of aromatic nitrogens is 2. The van der Waals surface area contributed by atoms with Crippen LogP contribution in [0.1, 0.15) is 31.9 Å². The Kier molecular flexibility index (Phi) is 9.39. The van der Waals surface area contributed by atoms with Crippen LogP contribution in [0, 0.1) is 12.7 Å². The zero-order valence-corrected chi connectivity index (χ0v) is 24.6. The van der Waals surface area contributed by atoms with E-state index in [2.05, 4.69) is 29.9 Å². The van der Waals surface area contributed by atoms with Gasteiger partial charge in [0.1, 0.15) is 29.8 Å². The van der Waals surface area contributed by atoms with E-state index in [-0.39, 0.29) is 12.2 Å². The molecule has 0 spiro atoms. The Hall–Kier alpha value is -3.44. The third-order valence-electron chi connectivity index (χ3n) is 5.78. The summed E-state index contributed by atoms with van der Waals surface area (Å²) in [5.74, 6) is -1.49. The molecule has 212 valence electrons. The van der Waals surface area contributed by atoms with Crippen LogP contribution in [-0.2, 0) is 27.4 Å². The van der Waals surface area contributed by atoms with E-state index in [9.17, 15) is 14.7 Å². The molecule has 0 saturated carbocycles. The number of ether oxygens (including phenoxy) is 3. The normalized spacial score (nSPS) is 12.8. The maximum Gasteiger partial charge on any atom is 0.408 e. The van der Waals surface area contributed by atoms with Crippen molar-refractivity contribution >= 4 is 31.2 Å². The summed E-state index contributed by atoms with van der Waals surface area (Å²) < 4.78 is 33.9. The number of hydrogen-bond acceptors (Lipinski definition) is 6. The number of carbonyl (C=O) groups is 2. The summed E-state index contributed by atoms with van der Waals surface area (Å²) in [5, 5.41) is 12.6. The van der Waals surface area contributed by atoms with Gasteiger partial charge in [-0.2, -0.15) is 0 Å². The van der Waals surface area contributed by atoms with Crippen molar-refractivity contribution < 1.29 is 33.3 Å². The van der Waals surface area contributed by atoms with Gasteiger partial charge in [0, 0.05) is 33.5 Å². The Morgan fingerprint density at radius 1 is 1.18 bits per heavy atom. The number of rotatable bonds is 11. The lowest BCUT2D eigenvalue weighted by molar-refractivity contribution is -0.139. The predicted molar refractivity (Wildman–Crippen MR) is 150 cm³/mol. The van der Waals surface area contributed by atoms with Gasteiger partial charge in [0.15, 0.2) is 11.6 Å². The van der Waals surface area contributed by atoms with Crippen molar-refractivity contribution in [1.82, 2.24) is 14.9 Å². The smallest absolute Gasteiger partial charge is 0.408 e. The minimum absolute atomic E-state index is 0.0169. The number of nitrogens with zero attached hydrogens (tertiary/aromatic N) is 2. The number of fused-ring (bicyclic) bond motifs is 1. The highest BCUT2D eigenvalue weighted by Gasteiger charge is 2.25. The van der Waals surface area contributed by atoms with E-state index in [1.165, 1.54) is 12.1 Å². The van der Waals surface area contributed by atoms with Crippen molar-refractivity contribution in [2.75, 3.05) is 6.61 Å². The van der Waals surface area contributed by atoms with Gasteiger partial charge in [-0.15, -0.1) is 0 Å². The number of benzene rings is 1. The summed E-state index contributed by atoms with van der Waals surface area (Å²) in [6.45, 7) is 14.9. The Balaban J connectivity index is 1.74. The molecule has 1 atom stereocenters. The van der Waals surface area contributed by atoms with Gasteiger partial charge in [0.05, 0.1) is 5.39 Å². The second-order valence-electron chi connectivity index (χ2n) is 11.7. The molecular formula is C28H38FN3O6Si. The molecule has 11 heteroatoms. The number of carboxylic acid groups (broad SMARTS) is 1. The first-order valence-electron chi connectivity index (χ1n) is 12.8. The van der Waals surface area contributed by atoms with Gasteiger partial charge in [0.2, 0.25) is 0 Å². The maximum absolute atomic E-state index is 15.1. The minimum Gasteiger partial charge on any atom is -0.480 e. The van der Waals surface area contributed by atoms with Crippen molar-refractivity contribution in [2.45, 2.75) is 78.2 Å². The number of carbonyl (C=O) groups excluding carboxylic acids is 1. The highest BCUT2D eigenvalue weighted by molar-refractivity contribution is 6.76. The molecule has 2 N–H and O–H groups in total. The molecule has 39 heavy (non-hydrogen) atoms. The zero-order chi connectivity index (χ0) is 29.0. The Labute approximate surface area is 229 Å². The van der Waals surface area contributed by atoms with Gasteiger partial charge >= 0.3 is 12.1 Å². The van der Waals surface area contributed by atoms with Crippen molar-refractivity contribution in [2.24, 2.45) is 0 Å². The Morgan fingerprint density at radius 3 is 2.51 bits per heavy atom. The molecule has 1 aromatic carbocycles. The van der Waals surface area contributed by atoms with Gasteiger partial charge < -0.3 is 29.2 Å². The highest BCUT2D eigenvalue weighted by atomic mass is 28.3. The fourth-order valence-corrected chi connectivity index (χ4v) is 4.62. The van der Waals surface area contributed by atoms with E-state index in [1.807, 2.05) is 17.7 Å². The standard InChI is InChI=1S/C28H38FN3O6Si/c1-18-16-32(17-36-12-13-39(5,6)7)25-24(18)23(10-11-30-25)37-22-9-8-19(14-20(22)29)15-21(26(33)34)31-27(35)38-28(2,3)4/h8-11,14,16,21H,12-13,15,17H2,1-7H3,(H,31,35)(H,33,34). The van der Waals surface area contributed by atoms with Crippen molar-refractivity contribution in [3.8, 4) is 11.5 Å². The fraction of sp³-hybridized carbons (Fsp3) is 0.464. The van der Waals surface area contributed by atoms with Crippen molar-refractivity contribution in [3.05, 3.63) is 53.6 Å². The molecule has 0 saturated heterocycles. The number of aliphatic carboxylic acids is 1. The lowest BCUT2D eigenvalue weighted by atomic mass is 10.1.